The molecule has 3 atom stereocenters. The fourth-order valence-electron chi connectivity index (χ4n) is 2.63. The van der Waals surface area contributed by atoms with Crippen molar-refractivity contribution in [1.82, 2.24) is 0 Å². The Kier molecular flexibility index (Phi) is 2.81. The summed E-state index contributed by atoms with van der Waals surface area (Å²) in [4.78, 5) is 23.5. The fraction of sp³-hybridized carbons (Fsp3) is 0.846. The number of ether oxygens (including phenoxy) is 1. The van der Waals surface area contributed by atoms with Gasteiger partial charge in [0.15, 0.2) is 0 Å². The molecule has 3 nitrogen and oxygen atoms in total. The number of Topliss-reactive ketones (excluding diaryl/α,β-unsaturated/α-hetero) is 1. The van der Waals surface area contributed by atoms with Crippen molar-refractivity contribution in [3.63, 3.8) is 0 Å². The van der Waals surface area contributed by atoms with E-state index < -0.39 is 5.41 Å². The van der Waals surface area contributed by atoms with Gasteiger partial charge in [0.2, 0.25) is 0 Å². The third-order valence-corrected chi connectivity index (χ3v) is 3.73. The molecule has 0 aromatic heterocycles. The smallest absolute Gasteiger partial charge is 0.311 e. The van der Waals surface area contributed by atoms with Crippen LogP contribution in [0.25, 0.3) is 0 Å². The number of fused-ring (bicyclic) bond motifs is 2. The van der Waals surface area contributed by atoms with Crippen molar-refractivity contribution in [3.8, 4) is 0 Å². The largest absolute Gasteiger partial charge is 0.461 e. The van der Waals surface area contributed by atoms with Gasteiger partial charge < -0.3 is 4.74 Å². The highest BCUT2D eigenvalue weighted by Crippen LogP contribution is 2.41. The second kappa shape index (κ2) is 3.86. The van der Waals surface area contributed by atoms with Crippen molar-refractivity contribution in [3.05, 3.63) is 0 Å². The van der Waals surface area contributed by atoms with Crippen LogP contribution in [0.3, 0.4) is 0 Å². The zero-order chi connectivity index (χ0) is 11.9. The van der Waals surface area contributed by atoms with Crippen molar-refractivity contribution in [1.29, 1.82) is 0 Å². The highest BCUT2D eigenvalue weighted by molar-refractivity contribution is 5.83. The van der Waals surface area contributed by atoms with Gasteiger partial charge in [-0.25, -0.2) is 0 Å². The molecule has 2 rings (SSSR count). The number of ketones is 1. The number of esters is 1. The SMILES string of the molecule is CC(C)(C)C(=O)O[C@H]1CC(=O)[C@H]2CC[C@@H]1C2. The van der Waals surface area contributed by atoms with Crippen LogP contribution in [0, 0.1) is 17.3 Å². The quantitative estimate of drug-likeness (QED) is 0.642. The summed E-state index contributed by atoms with van der Waals surface area (Å²) in [5.41, 5.74) is -0.474. The van der Waals surface area contributed by atoms with E-state index in [-0.39, 0.29) is 18.0 Å². The lowest BCUT2D eigenvalue weighted by Gasteiger charge is -2.30. The van der Waals surface area contributed by atoms with Crippen LogP contribution in [0.15, 0.2) is 0 Å². The van der Waals surface area contributed by atoms with Gasteiger partial charge in [0.05, 0.1) is 5.41 Å². The summed E-state index contributed by atoms with van der Waals surface area (Å²) in [6.45, 7) is 5.53. The number of rotatable bonds is 1. The summed E-state index contributed by atoms with van der Waals surface area (Å²) in [6, 6.07) is 0. The average molecular weight is 224 g/mol. The van der Waals surface area contributed by atoms with Crippen molar-refractivity contribution < 1.29 is 14.3 Å². The minimum absolute atomic E-state index is 0.155. The van der Waals surface area contributed by atoms with E-state index in [4.69, 9.17) is 4.74 Å². The van der Waals surface area contributed by atoms with Gasteiger partial charge >= 0.3 is 5.97 Å². The predicted octanol–water partition coefficient (Wildman–Crippen LogP) is 2.33. The summed E-state index contributed by atoms with van der Waals surface area (Å²) in [5, 5.41) is 0. The molecule has 2 aliphatic carbocycles. The van der Waals surface area contributed by atoms with E-state index in [0.717, 1.165) is 19.3 Å². The van der Waals surface area contributed by atoms with Crippen molar-refractivity contribution >= 4 is 11.8 Å². The summed E-state index contributed by atoms with van der Waals surface area (Å²) in [7, 11) is 0. The molecular weight excluding hydrogens is 204 g/mol. The van der Waals surface area contributed by atoms with Crippen molar-refractivity contribution in [2.45, 2.75) is 52.6 Å². The highest BCUT2D eigenvalue weighted by atomic mass is 16.5. The van der Waals surface area contributed by atoms with Gasteiger partial charge in [-0.15, -0.1) is 0 Å². The third-order valence-electron chi connectivity index (χ3n) is 3.73. The number of carbonyl (C=O) groups is 2. The molecule has 90 valence electrons. The van der Waals surface area contributed by atoms with E-state index >= 15 is 0 Å². The van der Waals surface area contributed by atoms with Gasteiger partial charge in [-0.05, 0) is 46.0 Å². The topological polar surface area (TPSA) is 43.4 Å². The van der Waals surface area contributed by atoms with Gasteiger partial charge in [0.25, 0.3) is 0 Å². The molecule has 3 heteroatoms. The van der Waals surface area contributed by atoms with E-state index in [1.807, 2.05) is 20.8 Å². The molecule has 0 aromatic carbocycles. The lowest BCUT2D eigenvalue weighted by atomic mass is 9.85. The predicted molar refractivity (Wildman–Crippen MR) is 59.8 cm³/mol. The van der Waals surface area contributed by atoms with Crippen molar-refractivity contribution in [2.24, 2.45) is 17.3 Å². The Balaban J connectivity index is 2.00. The second-order valence-electron chi connectivity index (χ2n) is 6.13. The lowest BCUT2D eigenvalue weighted by Crippen LogP contribution is -2.36. The molecule has 2 fully saturated rings. The zero-order valence-corrected chi connectivity index (χ0v) is 10.3. The molecule has 0 heterocycles. The molecule has 0 spiro atoms. The van der Waals surface area contributed by atoms with Crippen LogP contribution in [-0.4, -0.2) is 17.9 Å². The second-order valence-corrected chi connectivity index (χ2v) is 6.13. The third kappa shape index (κ3) is 2.13. The first-order valence-electron chi connectivity index (χ1n) is 6.11. The number of hydrogen-bond donors (Lipinski definition) is 0. The molecule has 0 amide bonds. The Bertz CT molecular complexity index is 314. The van der Waals surface area contributed by atoms with Crippen LogP contribution in [0.2, 0.25) is 0 Å². The van der Waals surface area contributed by atoms with Crippen LogP contribution in [0.5, 0.6) is 0 Å². The molecule has 2 saturated carbocycles. The zero-order valence-electron chi connectivity index (χ0n) is 10.3. The minimum atomic E-state index is -0.474. The lowest BCUT2D eigenvalue weighted by molar-refractivity contribution is -0.163. The standard InChI is InChI=1S/C13H20O3/c1-13(2,3)12(15)16-11-7-10(14)8-4-5-9(11)6-8/h8-9,11H,4-7H2,1-3H3/t8-,9+,11-/m0/s1. The first-order valence-corrected chi connectivity index (χ1v) is 6.11. The fourth-order valence-corrected chi connectivity index (χ4v) is 2.63. The summed E-state index contributed by atoms with van der Waals surface area (Å²) >= 11 is 0. The number of carbonyl (C=O) groups excluding carboxylic acids is 2. The normalized spacial score (nSPS) is 33.9. The Morgan fingerprint density at radius 3 is 2.62 bits per heavy atom. The molecule has 0 aromatic rings. The average Bonchev–Trinajstić information content (AvgIpc) is 2.58. The van der Waals surface area contributed by atoms with Gasteiger partial charge in [-0.3, -0.25) is 9.59 Å². The Labute approximate surface area is 96.5 Å². The summed E-state index contributed by atoms with van der Waals surface area (Å²) < 4.78 is 5.50. The molecule has 16 heavy (non-hydrogen) atoms. The maximum absolute atomic E-state index is 11.8. The van der Waals surface area contributed by atoms with Gasteiger partial charge in [-0.1, -0.05) is 0 Å². The molecule has 0 aliphatic heterocycles. The molecule has 0 saturated heterocycles. The monoisotopic (exact) mass is 224 g/mol. The minimum Gasteiger partial charge on any atom is -0.461 e. The molecule has 0 radical (unpaired) electrons. The summed E-state index contributed by atoms with van der Waals surface area (Å²) in [5.74, 6) is 0.791. The first-order chi connectivity index (χ1) is 7.38. The van der Waals surface area contributed by atoms with Crippen LogP contribution >= 0.6 is 0 Å². The Morgan fingerprint density at radius 2 is 2.00 bits per heavy atom. The van der Waals surface area contributed by atoms with E-state index in [1.54, 1.807) is 0 Å². The van der Waals surface area contributed by atoms with Crippen molar-refractivity contribution in [2.75, 3.05) is 0 Å². The van der Waals surface area contributed by atoms with E-state index in [9.17, 15) is 9.59 Å². The Hall–Kier alpha value is -0.860. The Morgan fingerprint density at radius 1 is 1.31 bits per heavy atom. The molecule has 0 N–H and O–H groups in total. The molecular formula is C13H20O3. The van der Waals surface area contributed by atoms with Crippen LogP contribution in [0.1, 0.15) is 46.5 Å². The summed E-state index contributed by atoms with van der Waals surface area (Å²) in [6.07, 6.45) is 3.25. The van der Waals surface area contributed by atoms with Crippen LogP contribution in [-0.2, 0) is 14.3 Å². The van der Waals surface area contributed by atoms with Gasteiger partial charge in [0, 0.05) is 12.3 Å². The molecule has 0 unspecified atom stereocenters. The van der Waals surface area contributed by atoms with E-state index in [0.29, 0.717) is 18.1 Å². The first kappa shape index (κ1) is 11.6. The van der Waals surface area contributed by atoms with E-state index in [2.05, 4.69) is 0 Å². The maximum atomic E-state index is 11.8. The van der Waals surface area contributed by atoms with Gasteiger partial charge in [0.1, 0.15) is 11.9 Å². The molecule has 2 bridgehead atoms. The van der Waals surface area contributed by atoms with Gasteiger partial charge in [-0.2, -0.15) is 0 Å². The number of hydrogen-bond acceptors (Lipinski definition) is 3. The highest BCUT2D eigenvalue weighted by Gasteiger charge is 2.43. The van der Waals surface area contributed by atoms with Crippen LogP contribution < -0.4 is 0 Å². The maximum Gasteiger partial charge on any atom is 0.311 e. The van der Waals surface area contributed by atoms with Crippen LogP contribution in [0.4, 0.5) is 0 Å². The molecule has 2 aliphatic rings. The van der Waals surface area contributed by atoms with E-state index in [1.165, 1.54) is 0 Å².